The largest absolute Gasteiger partial charge is 0.420 e. The van der Waals surface area contributed by atoms with E-state index in [-0.39, 0.29) is 12.1 Å². The van der Waals surface area contributed by atoms with Gasteiger partial charge in [0.2, 0.25) is 11.8 Å². The van der Waals surface area contributed by atoms with Crippen molar-refractivity contribution in [2.45, 2.75) is 32.4 Å². The van der Waals surface area contributed by atoms with E-state index in [2.05, 4.69) is 41.5 Å². The van der Waals surface area contributed by atoms with Crippen molar-refractivity contribution in [3.63, 3.8) is 0 Å². The topological polar surface area (TPSA) is 60.2 Å². The van der Waals surface area contributed by atoms with Gasteiger partial charge < -0.3 is 14.5 Å². The number of nitrogens with zero attached hydrogens (tertiary/aromatic N) is 2. The zero-order chi connectivity index (χ0) is 14.7. The highest BCUT2D eigenvalue weighted by atomic mass is 16.5. The lowest BCUT2D eigenvalue weighted by atomic mass is 10.0. The van der Waals surface area contributed by atoms with Crippen LogP contribution in [0.15, 0.2) is 34.7 Å². The fraction of sp³-hybridized carbons (Fsp3) is 0.500. The minimum absolute atomic E-state index is 0.0655. The Morgan fingerprint density at radius 1 is 1.29 bits per heavy atom. The van der Waals surface area contributed by atoms with Crippen molar-refractivity contribution in [3.8, 4) is 0 Å². The number of hydrogen-bond acceptors (Lipinski definition) is 5. The van der Waals surface area contributed by atoms with Crippen LogP contribution in [-0.4, -0.2) is 23.3 Å². The third-order valence-electron chi connectivity index (χ3n) is 3.88. The summed E-state index contributed by atoms with van der Waals surface area (Å²) in [7, 11) is 0. The monoisotopic (exact) mass is 287 g/mol. The van der Waals surface area contributed by atoms with Crippen LogP contribution in [0.1, 0.15) is 49.8 Å². The normalized spacial score (nSPS) is 23.3. The molecule has 1 aromatic carbocycles. The van der Waals surface area contributed by atoms with Gasteiger partial charge in [0, 0.05) is 6.61 Å². The summed E-state index contributed by atoms with van der Waals surface area (Å²) in [6.45, 7) is 5.81. The summed E-state index contributed by atoms with van der Waals surface area (Å²) in [6, 6.07) is 10.1. The zero-order valence-electron chi connectivity index (χ0n) is 12.5. The first-order valence-corrected chi connectivity index (χ1v) is 7.52. The third kappa shape index (κ3) is 2.99. The maximum absolute atomic E-state index is 5.90. The predicted molar refractivity (Wildman–Crippen MR) is 78.7 cm³/mol. The second-order valence-corrected chi connectivity index (χ2v) is 5.44. The third-order valence-corrected chi connectivity index (χ3v) is 3.88. The Morgan fingerprint density at radius 2 is 2.10 bits per heavy atom. The van der Waals surface area contributed by atoms with Crippen molar-refractivity contribution in [3.05, 3.63) is 47.7 Å². The number of hydrogen-bond donors (Lipinski definition) is 1. The van der Waals surface area contributed by atoms with Gasteiger partial charge in [-0.05, 0) is 24.4 Å². The molecule has 1 aliphatic heterocycles. The van der Waals surface area contributed by atoms with Crippen LogP contribution in [0.3, 0.4) is 0 Å². The van der Waals surface area contributed by atoms with E-state index in [0.717, 1.165) is 25.1 Å². The standard InChI is InChI=1S/C16H21N3O2/c1-3-17-13(12-7-5-4-6-8-12)15-18-19-16(21-15)14-11(2)9-10-20-14/h4-8,11,13-14,17H,3,9-10H2,1-2H3. The molecule has 2 aromatic rings. The zero-order valence-corrected chi connectivity index (χ0v) is 12.5. The average molecular weight is 287 g/mol. The van der Waals surface area contributed by atoms with Crippen LogP contribution in [0.2, 0.25) is 0 Å². The Kier molecular flexibility index (Phi) is 4.31. The molecule has 3 rings (SSSR count). The molecule has 3 atom stereocenters. The number of nitrogens with one attached hydrogen (secondary N) is 1. The molecule has 1 aliphatic rings. The second-order valence-electron chi connectivity index (χ2n) is 5.44. The van der Waals surface area contributed by atoms with Crippen molar-refractivity contribution in [2.75, 3.05) is 13.2 Å². The number of ether oxygens (including phenoxy) is 1. The fourth-order valence-corrected chi connectivity index (χ4v) is 2.69. The summed E-state index contributed by atoms with van der Waals surface area (Å²) in [4.78, 5) is 0. The highest BCUT2D eigenvalue weighted by molar-refractivity contribution is 5.23. The van der Waals surface area contributed by atoms with Crippen LogP contribution in [0.25, 0.3) is 0 Å². The average Bonchev–Trinajstić information content (AvgIpc) is 3.14. The van der Waals surface area contributed by atoms with Gasteiger partial charge in [-0.2, -0.15) is 0 Å². The van der Waals surface area contributed by atoms with Crippen molar-refractivity contribution < 1.29 is 9.15 Å². The number of aromatic nitrogens is 2. The van der Waals surface area contributed by atoms with E-state index in [9.17, 15) is 0 Å². The molecule has 1 aromatic heterocycles. The number of rotatable bonds is 5. The van der Waals surface area contributed by atoms with E-state index in [0.29, 0.717) is 17.7 Å². The van der Waals surface area contributed by atoms with Crippen molar-refractivity contribution in [1.82, 2.24) is 15.5 Å². The quantitative estimate of drug-likeness (QED) is 0.916. The van der Waals surface area contributed by atoms with Crippen LogP contribution in [0.5, 0.6) is 0 Å². The maximum Gasteiger partial charge on any atom is 0.245 e. The minimum atomic E-state index is -0.0749. The highest BCUT2D eigenvalue weighted by Gasteiger charge is 2.31. The molecular formula is C16H21N3O2. The second kappa shape index (κ2) is 6.37. The molecule has 5 nitrogen and oxygen atoms in total. The lowest BCUT2D eigenvalue weighted by Crippen LogP contribution is -2.22. The van der Waals surface area contributed by atoms with E-state index in [4.69, 9.17) is 9.15 Å². The fourth-order valence-electron chi connectivity index (χ4n) is 2.69. The molecule has 1 N–H and O–H groups in total. The van der Waals surface area contributed by atoms with Crippen LogP contribution < -0.4 is 5.32 Å². The smallest absolute Gasteiger partial charge is 0.245 e. The highest BCUT2D eigenvalue weighted by Crippen LogP contribution is 2.34. The first-order valence-electron chi connectivity index (χ1n) is 7.52. The Hall–Kier alpha value is -1.72. The van der Waals surface area contributed by atoms with Crippen LogP contribution in [0, 0.1) is 5.92 Å². The van der Waals surface area contributed by atoms with E-state index in [1.54, 1.807) is 0 Å². The van der Waals surface area contributed by atoms with Crippen LogP contribution in [0.4, 0.5) is 0 Å². The van der Waals surface area contributed by atoms with Gasteiger partial charge in [-0.15, -0.1) is 10.2 Å². The van der Waals surface area contributed by atoms with Crippen molar-refractivity contribution in [1.29, 1.82) is 0 Å². The first-order chi connectivity index (χ1) is 10.3. The van der Waals surface area contributed by atoms with E-state index in [1.165, 1.54) is 0 Å². The molecule has 112 valence electrons. The van der Waals surface area contributed by atoms with Gasteiger partial charge in [0.05, 0.1) is 0 Å². The summed E-state index contributed by atoms with van der Waals surface area (Å²) in [5.41, 5.74) is 1.12. The summed E-state index contributed by atoms with van der Waals surface area (Å²) < 4.78 is 11.6. The molecule has 0 radical (unpaired) electrons. The lowest BCUT2D eigenvalue weighted by molar-refractivity contribution is 0.0701. The summed E-state index contributed by atoms with van der Waals surface area (Å²) >= 11 is 0. The molecule has 3 unspecified atom stereocenters. The van der Waals surface area contributed by atoms with Gasteiger partial charge in [-0.1, -0.05) is 44.2 Å². The molecule has 21 heavy (non-hydrogen) atoms. The lowest BCUT2D eigenvalue weighted by Gasteiger charge is -2.14. The minimum Gasteiger partial charge on any atom is -0.420 e. The molecular weight excluding hydrogens is 266 g/mol. The Bertz CT molecular complexity index is 570. The van der Waals surface area contributed by atoms with Gasteiger partial charge >= 0.3 is 0 Å². The van der Waals surface area contributed by atoms with Gasteiger partial charge in [-0.3, -0.25) is 0 Å². The predicted octanol–water partition coefficient (Wildman–Crippen LogP) is 2.87. The molecule has 0 amide bonds. The SMILES string of the molecule is CCNC(c1ccccc1)c1nnc(C2OCCC2C)o1. The van der Waals surface area contributed by atoms with Crippen molar-refractivity contribution >= 4 is 0 Å². The van der Waals surface area contributed by atoms with E-state index < -0.39 is 0 Å². The molecule has 1 saturated heterocycles. The van der Waals surface area contributed by atoms with Gasteiger partial charge in [0.15, 0.2) is 0 Å². The van der Waals surface area contributed by atoms with Crippen LogP contribution in [-0.2, 0) is 4.74 Å². The molecule has 1 fully saturated rings. The molecule has 5 heteroatoms. The van der Waals surface area contributed by atoms with Gasteiger partial charge in [0.1, 0.15) is 12.1 Å². The summed E-state index contributed by atoms with van der Waals surface area (Å²) in [5, 5.41) is 11.8. The van der Waals surface area contributed by atoms with Crippen LogP contribution >= 0.6 is 0 Å². The number of benzene rings is 1. The molecule has 0 spiro atoms. The summed E-state index contributed by atoms with van der Waals surface area (Å²) in [6.07, 6.45) is 0.974. The van der Waals surface area contributed by atoms with E-state index in [1.807, 2.05) is 18.2 Å². The molecule has 0 aliphatic carbocycles. The van der Waals surface area contributed by atoms with Gasteiger partial charge in [0.25, 0.3) is 0 Å². The summed E-state index contributed by atoms with van der Waals surface area (Å²) in [5.74, 6) is 1.61. The Labute approximate surface area is 124 Å². The van der Waals surface area contributed by atoms with E-state index >= 15 is 0 Å². The maximum atomic E-state index is 5.90. The first kappa shape index (κ1) is 14.2. The molecule has 2 heterocycles. The Morgan fingerprint density at radius 3 is 2.76 bits per heavy atom. The Balaban J connectivity index is 1.85. The van der Waals surface area contributed by atoms with Gasteiger partial charge in [-0.25, -0.2) is 0 Å². The molecule has 0 bridgehead atoms. The molecule has 0 saturated carbocycles. The van der Waals surface area contributed by atoms with Crippen molar-refractivity contribution in [2.24, 2.45) is 5.92 Å².